The maximum atomic E-state index is 13.9. The molecule has 96 valence electrons. The van der Waals surface area contributed by atoms with Crippen LogP contribution in [0.4, 0.5) is 4.39 Å². The molecule has 4 heteroatoms. The fourth-order valence-electron chi connectivity index (χ4n) is 2.56. The van der Waals surface area contributed by atoms with E-state index in [1.54, 1.807) is 0 Å². The van der Waals surface area contributed by atoms with E-state index in [4.69, 9.17) is 9.47 Å². The van der Waals surface area contributed by atoms with Gasteiger partial charge in [0.15, 0.2) is 5.79 Å². The number of hydrogen-bond acceptors (Lipinski definition) is 2. The molecule has 1 spiro atoms. The zero-order chi connectivity index (χ0) is 12.6. The van der Waals surface area contributed by atoms with Crippen LogP contribution >= 0.6 is 15.9 Å². The van der Waals surface area contributed by atoms with Crippen LogP contribution in [0.15, 0.2) is 28.7 Å². The highest BCUT2D eigenvalue weighted by molar-refractivity contribution is 9.10. The molecule has 1 fully saturated rings. The summed E-state index contributed by atoms with van der Waals surface area (Å²) in [5.41, 5.74) is 1.73. The van der Waals surface area contributed by atoms with Gasteiger partial charge in [-0.05, 0) is 24.1 Å². The number of rotatable bonds is 1. The molecule has 2 aliphatic rings. The summed E-state index contributed by atoms with van der Waals surface area (Å²) in [6, 6.07) is 5.19. The third-order valence-corrected chi connectivity index (χ3v) is 4.02. The summed E-state index contributed by atoms with van der Waals surface area (Å²) >= 11 is 3.27. The first-order chi connectivity index (χ1) is 8.69. The molecule has 0 saturated carbocycles. The molecule has 1 aliphatic carbocycles. The first-order valence-electron chi connectivity index (χ1n) is 6.11. The summed E-state index contributed by atoms with van der Waals surface area (Å²) < 4.78 is 25.9. The predicted octanol–water partition coefficient (Wildman–Crippen LogP) is 3.90. The first-order valence-corrected chi connectivity index (χ1v) is 6.90. The average molecular weight is 313 g/mol. The van der Waals surface area contributed by atoms with Crippen LogP contribution in [0.1, 0.15) is 24.8 Å². The van der Waals surface area contributed by atoms with E-state index >= 15 is 0 Å². The van der Waals surface area contributed by atoms with Gasteiger partial charge in [-0.15, -0.1) is 0 Å². The molecule has 0 aromatic heterocycles. The lowest BCUT2D eigenvalue weighted by Crippen LogP contribution is -2.31. The predicted molar refractivity (Wildman–Crippen MR) is 70.6 cm³/mol. The lowest BCUT2D eigenvalue weighted by Gasteiger charge is -2.30. The van der Waals surface area contributed by atoms with Gasteiger partial charge in [-0.2, -0.15) is 0 Å². The van der Waals surface area contributed by atoms with E-state index in [9.17, 15) is 4.39 Å². The van der Waals surface area contributed by atoms with E-state index in [2.05, 4.69) is 15.9 Å². The Bertz CT molecular complexity index is 493. The number of allylic oxidation sites excluding steroid dienone is 1. The standard InChI is InChI=1S/C14H14BrFO2/c15-11-1-2-12(13(16)9-11)10-3-5-14(6-4-10)17-7-8-18-14/h1-3,9H,4-8H2. The molecule has 2 nitrogen and oxygen atoms in total. The van der Waals surface area contributed by atoms with E-state index in [0.717, 1.165) is 22.9 Å². The van der Waals surface area contributed by atoms with Gasteiger partial charge in [0, 0.05) is 22.9 Å². The molecule has 1 aromatic rings. The van der Waals surface area contributed by atoms with Gasteiger partial charge in [-0.1, -0.05) is 28.1 Å². The SMILES string of the molecule is Fc1cc(Br)ccc1C1=CCC2(CC1)OCCO2. The van der Waals surface area contributed by atoms with Crippen LogP contribution in [-0.4, -0.2) is 19.0 Å². The summed E-state index contributed by atoms with van der Waals surface area (Å²) in [4.78, 5) is 0. The molecule has 0 N–H and O–H groups in total. The fourth-order valence-corrected chi connectivity index (χ4v) is 2.89. The number of hydrogen-bond donors (Lipinski definition) is 0. The Labute approximate surface area is 114 Å². The van der Waals surface area contributed by atoms with E-state index < -0.39 is 5.79 Å². The Kier molecular flexibility index (Phi) is 3.26. The minimum atomic E-state index is -0.435. The lowest BCUT2D eigenvalue weighted by atomic mass is 9.89. The Morgan fingerprint density at radius 2 is 2.00 bits per heavy atom. The van der Waals surface area contributed by atoms with Gasteiger partial charge < -0.3 is 9.47 Å². The van der Waals surface area contributed by atoms with Crippen LogP contribution in [0.2, 0.25) is 0 Å². The fraction of sp³-hybridized carbons (Fsp3) is 0.429. The molecule has 0 bridgehead atoms. The van der Waals surface area contributed by atoms with Crippen LogP contribution in [0.25, 0.3) is 5.57 Å². The average Bonchev–Trinajstić information content (AvgIpc) is 2.80. The summed E-state index contributed by atoms with van der Waals surface area (Å²) in [5.74, 6) is -0.616. The Morgan fingerprint density at radius 1 is 1.22 bits per heavy atom. The molecule has 0 atom stereocenters. The number of benzene rings is 1. The second-order valence-electron chi connectivity index (χ2n) is 4.67. The molecule has 0 unspecified atom stereocenters. The van der Waals surface area contributed by atoms with Crippen LogP contribution in [0.3, 0.4) is 0 Å². The summed E-state index contributed by atoms with van der Waals surface area (Å²) in [5, 5.41) is 0. The van der Waals surface area contributed by atoms with Gasteiger partial charge in [-0.25, -0.2) is 4.39 Å². The molecule has 1 heterocycles. The summed E-state index contributed by atoms with van der Waals surface area (Å²) in [7, 11) is 0. The van der Waals surface area contributed by atoms with Crippen molar-refractivity contribution >= 4 is 21.5 Å². The monoisotopic (exact) mass is 312 g/mol. The van der Waals surface area contributed by atoms with Crippen LogP contribution in [0, 0.1) is 5.82 Å². The van der Waals surface area contributed by atoms with Gasteiger partial charge in [0.05, 0.1) is 13.2 Å². The van der Waals surface area contributed by atoms with Gasteiger partial charge in [-0.3, -0.25) is 0 Å². The number of ether oxygens (including phenoxy) is 2. The Hall–Kier alpha value is -0.710. The van der Waals surface area contributed by atoms with Crippen LogP contribution < -0.4 is 0 Å². The van der Waals surface area contributed by atoms with E-state index in [1.807, 2.05) is 18.2 Å². The molecular weight excluding hydrogens is 299 g/mol. The zero-order valence-corrected chi connectivity index (χ0v) is 11.5. The molecular formula is C14H14BrFO2. The highest BCUT2D eigenvalue weighted by atomic mass is 79.9. The van der Waals surface area contributed by atoms with Crippen molar-refractivity contribution in [3.63, 3.8) is 0 Å². The van der Waals surface area contributed by atoms with E-state index in [-0.39, 0.29) is 5.82 Å². The van der Waals surface area contributed by atoms with Crippen molar-refractivity contribution in [2.75, 3.05) is 13.2 Å². The first kappa shape index (κ1) is 12.3. The second-order valence-corrected chi connectivity index (χ2v) is 5.58. The van der Waals surface area contributed by atoms with Gasteiger partial charge in [0.2, 0.25) is 0 Å². The Morgan fingerprint density at radius 3 is 2.61 bits per heavy atom. The van der Waals surface area contributed by atoms with Crippen molar-refractivity contribution in [3.8, 4) is 0 Å². The van der Waals surface area contributed by atoms with E-state index in [1.165, 1.54) is 6.07 Å². The summed E-state index contributed by atoms with van der Waals surface area (Å²) in [6.45, 7) is 1.33. The van der Waals surface area contributed by atoms with Crippen molar-refractivity contribution in [1.29, 1.82) is 0 Å². The molecule has 1 aromatic carbocycles. The second kappa shape index (κ2) is 4.76. The molecule has 1 aliphatic heterocycles. The maximum absolute atomic E-state index is 13.9. The Balaban J connectivity index is 1.84. The van der Waals surface area contributed by atoms with Crippen molar-refractivity contribution in [3.05, 3.63) is 40.1 Å². The van der Waals surface area contributed by atoms with Crippen molar-refractivity contribution < 1.29 is 13.9 Å². The minimum absolute atomic E-state index is 0.181. The van der Waals surface area contributed by atoms with E-state index in [0.29, 0.717) is 25.2 Å². The number of halogens is 2. The van der Waals surface area contributed by atoms with Crippen molar-refractivity contribution in [2.24, 2.45) is 0 Å². The molecule has 18 heavy (non-hydrogen) atoms. The summed E-state index contributed by atoms with van der Waals surface area (Å²) in [6.07, 6.45) is 4.34. The molecule has 3 rings (SSSR count). The third-order valence-electron chi connectivity index (χ3n) is 3.53. The van der Waals surface area contributed by atoms with Crippen molar-refractivity contribution in [1.82, 2.24) is 0 Å². The van der Waals surface area contributed by atoms with Gasteiger partial charge in [0.1, 0.15) is 5.82 Å². The minimum Gasteiger partial charge on any atom is -0.347 e. The van der Waals surface area contributed by atoms with Gasteiger partial charge >= 0.3 is 0 Å². The largest absolute Gasteiger partial charge is 0.347 e. The molecule has 0 radical (unpaired) electrons. The highest BCUT2D eigenvalue weighted by Crippen LogP contribution is 2.38. The molecule has 0 amide bonds. The molecule has 1 saturated heterocycles. The van der Waals surface area contributed by atoms with Crippen LogP contribution in [0.5, 0.6) is 0 Å². The quantitative estimate of drug-likeness (QED) is 0.783. The van der Waals surface area contributed by atoms with Crippen molar-refractivity contribution in [2.45, 2.75) is 25.0 Å². The lowest BCUT2D eigenvalue weighted by molar-refractivity contribution is -0.159. The maximum Gasteiger partial charge on any atom is 0.172 e. The highest BCUT2D eigenvalue weighted by Gasteiger charge is 2.37. The topological polar surface area (TPSA) is 18.5 Å². The zero-order valence-electron chi connectivity index (χ0n) is 9.92. The normalized spacial score (nSPS) is 22.2. The third kappa shape index (κ3) is 2.25. The van der Waals surface area contributed by atoms with Gasteiger partial charge in [0.25, 0.3) is 0 Å². The van der Waals surface area contributed by atoms with Crippen LogP contribution in [-0.2, 0) is 9.47 Å². The smallest absolute Gasteiger partial charge is 0.172 e.